The van der Waals surface area contributed by atoms with Crippen molar-refractivity contribution in [3.8, 4) is 0 Å². The first-order valence-electron chi connectivity index (χ1n) is 3.54. The molecule has 2 heterocycles. The van der Waals surface area contributed by atoms with Gasteiger partial charge in [0.05, 0.1) is 11.7 Å². The second-order valence-corrected chi connectivity index (χ2v) is 4.16. The van der Waals surface area contributed by atoms with Crippen molar-refractivity contribution in [2.75, 3.05) is 11.1 Å². The fourth-order valence-corrected chi connectivity index (χ4v) is 1.79. The number of nitrogen functional groups attached to an aromatic ring is 1. The molecular formula is C6H5N5OS2. The molecule has 0 bridgehead atoms. The Morgan fingerprint density at radius 1 is 1.50 bits per heavy atom. The number of nitrogens with one attached hydrogen (secondary N) is 1. The van der Waals surface area contributed by atoms with Crippen LogP contribution < -0.4 is 11.1 Å². The summed E-state index contributed by atoms with van der Waals surface area (Å²) in [6, 6.07) is 0. The number of nitrogens with two attached hydrogens (primary N) is 1. The first kappa shape index (κ1) is 9.03. The summed E-state index contributed by atoms with van der Waals surface area (Å²) in [5.41, 5.74) is 6.94. The van der Waals surface area contributed by atoms with Gasteiger partial charge in [-0.05, 0) is 0 Å². The zero-order chi connectivity index (χ0) is 9.97. The summed E-state index contributed by atoms with van der Waals surface area (Å²) in [6.07, 6.45) is 1.49. The van der Waals surface area contributed by atoms with Gasteiger partial charge in [-0.15, -0.1) is 21.5 Å². The van der Waals surface area contributed by atoms with Crippen LogP contribution in [-0.2, 0) is 0 Å². The number of amides is 1. The molecule has 0 saturated carbocycles. The lowest BCUT2D eigenvalue weighted by atomic mass is 10.5. The highest BCUT2D eigenvalue weighted by Gasteiger charge is 2.09. The average Bonchev–Trinajstić information content (AvgIpc) is 2.75. The van der Waals surface area contributed by atoms with Gasteiger partial charge in [0.1, 0.15) is 4.88 Å². The van der Waals surface area contributed by atoms with E-state index in [4.69, 9.17) is 5.73 Å². The molecule has 2 aromatic heterocycles. The molecule has 0 atom stereocenters. The highest BCUT2D eigenvalue weighted by molar-refractivity contribution is 7.19. The third-order valence-corrected chi connectivity index (χ3v) is 2.76. The SMILES string of the molecule is Nc1nnc(NC(=O)c2cncs2)s1. The van der Waals surface area contributed by atoms with Gasteiger partial charge in [0, 0.05) is 0 Å². The molecule has 14 heavy (non-hydrogen) atoms. The third-order valence-electron chi connectivity index (χ3n) is 1.32. The summed E-state index contributed by atoms with van der Waals surface area (Å²) in [7, 11) is 0. The summed E-state index contributed by atoms with van der Waals surface area (Å²) >= 11 is 2.38. The van der Waals surface area contributed by atoms with Gasteiger partial charge in [-0.3, -0.25) is 15.1 Å². The maximum absolute atomic E-state index is 11.4. The lowest BCUT2D eigenvalue weighted by molar-refractivity contribution is 0.103. The van der Waals surface area contributed by atoms with Crippen LogP contribution in [0.1, 0.15) is 9.67 Å². The van der Waals surface area contributed by atoms with E-state index in [1.165, 1.54) is 17.5 Å². The quantitative estimate of drug-likeness (QED) is 0.792. The van der Waals surface area contributed by atoms with Gasteiger partial charge < -0.3 is 5.73 Å². The Hall–Kier alpha value is -1.54. The lowest BCUT2D eigenvalue weighted by Crippen LogP contribution is -2.09. The standard InChI is InChI=1S/C6H5N5OS2/c7-5-10-11-6(14-5)9-4(12)3-1-8-2-13-3/h1-2H,(H2,7,10)(H,9,11,12). The smallest absolute Gasteiger partial charge is 0.269 e. The second kappa shape index (κ2) is 3.68. The fourth-order valence-electron chi connectivity index (χ4n) is 0.772. The minimum Gasteiger partial charge on any atom is -0.374 e. The first-order chi connectivity index (χ1) is 6.75. The molecule has 0 saturated heterocycles. The van der Waals surface area contributed by atoms with E-state index < -0.39 is 0 Å². The molecule has 1 amide bonds. The molecule has 0 aliphatic carbocycles. The first-order valence-corrected chi connectivity index (χ1v) is 5.24. The van der Waals surface area contributed by atoms with E-state index in [2.05, 4.69) is 20.5 Å². The molecule has 0 aromatic carbocycles. The van der Waals surface area contributed by atoms with Gasteiger partial charge in [-0.1, -0.05) is 11.3 Å². The van der Waals surface area contributed by atoms with Gasteiger partial charge in [-0.25, -0.2) is 0 Å². The van der Waals surface area contributed by atoms with Crippen LogP contribution in [0.4, 0.5) is 10.3 Å². The molecule has 2 aromatic rings. The molecule has 3 N–H and O–H groups in total. The van der Waals surface area contributed by atoms with Crippen LogP contribution >= 0.6 is 22.7 Å². The van der Waals surface area contributed by atoms with E-state index >= 15 is 0 Å². The third kappa shape index (κ3) is 1.86. The Kier molecular flexibility index (Phi) is 2.37. The van der Waals surface area contributed by atoms with Crippen LogP contribution in [0.25, 0.3) is 0 Å². The van der Waals surface area contributed by atoms with E-state index in [0.717, 1.165) is 11.3 Å². The van der Waals surface area contributed by atoms with E-state index in [1.54, 1.807) is 5.51 Å². The number of hydrogen-bond acceptors (Lipinski definition) is 7. The van der Waals surface area contributed by atoms with Gasteiger partial charge in [-0.2, -0.15) is 0 Å². The molecular weight excluding hydrogens is 222 g/mol. The highest BCUT2D eigenvalue weighted by atomic mass is 32.1. The number of carbonyl (C=O) groups is 1. The van der Waals surface area contributed by atoms with Crippen LogP contribution in [0.5, 0.6) is 0 Å². The Balaban J connectivity index is 2.09. The summed E-state index contributed by atoms with van der Waals surface area (Å²) in [4.78, 5) is 15.8. The number of thiazole rings is 1. The minimum atomic E-state index is -0.247. The number of aromatic nitrogens is 3. The number of carbonyl (C=O) groups excluding carboxylic acids is 1. The maximum atomic E-state index is 11.4. The van der Waals surface area contributed by atoms with Crippen molar-refractivity contribution in [3.05, 3.63) is 16.6 Å². The molecule has 0 radical (unpaired) electrons. The number of rotatable bonds is 2. The zero-order valence-electron chi connectivity index (χ0n) is 6.80. The van der Waals surface area contributed by atoms with Crippen LogP contribution in [0, 0.1) is 0 Å². The van der Waals surface area contributed by atoms with E-state index in [-0.39, 0.29) is 5.91 Å². The predicted molar refractivity (Wildman–Crippen MR) is 54.4 cm³/mol. The predicted octanol–water partition coefficient (Wildman–Crippen LogP) is 0.829. The highest BCUT2D eigenvalue weighted by Crippen LogP contribution is 2.17. The summed E-state index contributed by atoms with van der Waals surface area (Å²) in [5, 5.41) is 10.5. The van der Waals surface area contributed by atoms with Crippen molar-refractivity contribution in [1.29, 1.82) is 0 Å². The maximum Gasteiger partial charge on any atom is 0.269 e. The molecule has 0 fully saturated rings. The number of hydrogen-bond donors (Lipinski definition) is 2. The molecule has 0 aliphatic rings. The van der Waals surface area contributed by atoms with Crippen molar-refractivity contribution in [2.45, 2.75) is 0 Å². The lowest BCUT2D eigenvalue weighted by Gasteiger charge is -1.94. The molecule has 8 heteroatoms. The number of nitrogens with zero attached hydrogens (tertiary/aromatic N) is 3. The van der Waals surface area contributed by atoms with Gasteiger partial charge in [0.15, 0.2) is 0 Å². The second-order valence-electron chi connectivity index (χ2n) is 2.27. The van der Waals surface area contributed by atoms with Crippen molar-refractivity contribution in [2.24, 2.45) is 0 Å². The normalized spacial score (nSPS) is 10.0. The van der Waals surface area contributed by atoms with Crippen LogP contribution in [-0.4, -0.2) is 21.1 Å². The van der Waals surface area contributed by atoms with Gasteiger partial charge in [0.2, 0.25) is 10.3 Å². The Morgan fingerprint density at radius 3 is 2.93 bits per heavy atom. The largest absolute Gasteiger partial charge is 0.374 e. The average molecular weight is 227 g/mol. The summed E-state index contributed by atoms with van der Waals surface area (Å²) in [5.74, 6) is -0.247. The Labute approximate surface area is 86.8 Å². The van der Waals surface area contributed by atoms with Crippen LogP contribution in [0.2, 0.25) is 0 Å². The minimum absolute atomic E-state index is 0.247. The van der Waals surface area contributed by atoms with Crippen LogP contribution in [0.15, 0.2) is 11.7 Å². The van der Waals surface area contributed by atoms with Crippen molar-refractivity contribution >= 4 is 38.8 Å². The topological polar surface area (TPSA) is 93.8 Å². The molecule has 0 spiro atoms. The van der Waals surface area contributed by atoms with Gasteiger partial charge in [0.25, 0.3) is 5.91 Å². The van der Waals surface area contributed by atoms with Crippen molar-refractivity contribution in [1.82, 2.24) is 15.2 Å². The van der Waals surface area contributed by atoms with E-state index in [1.807, 2.05) is 0 Å². The Morgan fingerprint density at radius 2 is 2.36 bits per heavy atom. The Bertz CT molecular complexity index is 437. The van der Waals surface area contributed by atoms with E-state index in [0.29, 0.717) is 15.1 Å². The fraction of sp³-hybridized carbons (Fsp3) is 0. The molecule has 0 unspecified atom stereocenters. The number of anilines is 2. The zero-order valence-corrected chi connectivity index (χ0v) is 8.43. The van der Waals surface area contributed by atoms with Crippen molar-refractivity contribution in [3.63, 3.8) is 0 Å². The van der Waals surface area contributed by atoms with Crippen LogP contribution in [0.3, 0.4) is 0 Å². The van der Waals surface area contributed by atoms with E-state index in [9.17, 15) is 4.79 Å². The molecule has 2 rings (SSSR count). The monoisotopic (exact) mass is 227 g/mol. The van der Waals surface area contributed by atoms with Gasteiger partial charge >= 0.3 is 0 Å². The van der Waals surface area contributed by atoms with Crippen molar-refractivity contribution < 1.29 is 4.79 Å². The molecule has 72 valence electrons. The summed E-state index contributed by atoms with van der Waals surface area (Å²) < 4.78 is 0. The molecule has 6 nitrogen and oxygen atoms in total. The summed E-state index contributed by atoms with van der Waals surface area (Å²) in [6.45, 7) is 0. The molecule has 0 aliphatic heterocycles.